The van der Waals surface area contributed by atoms with Crippen molar-refractivity contribution >= 4 is 33.3 Å². The van der Waals surface area contributed by atoms with Gasteiger partial charge in [0.2, 0.25) is 10.0 Å². The van der Waals surface area contributed by atoms with Crippen molar-refractivity contribution in [2.45, 2.75) is 29.1 Å². The second-order valence-corrected chi connectivity index (χ2v) is 10.2. The van der Waals surface area contributed by atoms with Crippen LogP contribution in [0.15, 0.2) is 52.3 Å². The Hall–Kier alpha value is -2.07. The van der Waals surface area contributed by atoms with Crippen molar-refractivity contribution in [3.63, 3.8) is 0 Å². The molecule has 32 heavy (non-hydrogen) atoms. The molecule has 1 saturated heterocycles. The lowest BCUT2D eigenvalue weighted by Crippen LogP contribution is -2.46. The molecule has 0 atom stereocenters. The Kier molecular flexibility index (Phi) is 8.58. The van der Waals surface area contributed by atoms with Gasteiger partial charge in [0, 0.05) is 43.1 Å². The number of anilines is 1. The molecule has 7 nitrogen and oxygen atoms in total. The van der Waals surface area contributed by atoms with Gasteiger partial charge in [0.15, 0.2) is 5.78 Å². The average molecular weight is 478 g/mol. The van der Waals surface area contributed by atoms with E-state index in [4.69, 9.17) is 9.88 Å². The molecular formula is C23H31N3O4S2. The molecule has 0 aliphatic carbocycles. The maximum Gasteiger partial charge on any atom is 0.239 e. The van der Waals surface area contributed by atoms with E-state index in [0.29, 0.717) is 16.9 Å². The Labute approximate surface area is 195 Å². The van der Waals surface area contributed by atoms with Crippen LogP contribution in [0.2, 0.25) is 0 Å². The monoisotopic (exact) mass is 477 g/mol. The summed E-state index contributed by atoms with van der Waals surface area (Å²) in [5.41, 5.74) is 1.53. The summed E-state index contributed by atoms with van der Waals surface area (Å²) in [5, 5.41) is 5.30. The number of sulfonamides is 1. The number of thioether (sulfide) groups is 1. The Morgan fingerprint density at radius 1 is 1.09 bits per heavy atom. The standard InChI is InChI=1S/C23H31N3O4S2/c1-30-21-9-4-3-7-19(21)26-15-13-25(14-16-26)12-6-5-8-20(27)18-10-11-22(31-2)23(17-18)32(24,28)29/h3-4,7,9-11,17H,5-6,8,12-16H2,1-2H3,(H2,24,28,29). The zero-order valence-corrected chi connectivity index (χ0v) is 20.3. The summed E-state index contributed by atoms with van der Waals surface area (Å²) in [7, 11) is -2.16. The molecule has 2 aromatic rings. The van der Waals surface area contributed by atoms with Crippen LogP contribution in [0.5, 0.6) is 5.75 Å². The summed E-state index contributed by atoms with van der Waals surface area (Å²) in [5.74, 6) is 0.846. The number of unbranched alkanes of at least 4 members (excludes halogenated alkanes) is 1. The van der Waals surface area contributed by atoms with Crippen molar-refractivity contribution < 1.29 is 17.9 Å². The topological polar surface area (TPSA) is 92.9 Å². The number of ketones is 1. The molecule has 3 rings (SSSR count). The van der Waals surface area contributed by atoms with E-state index in [0.717, 1.165) is 57.0 Å². The highest BCUT2D eigenvalue weighted by Gasteiger charge is 2.20. The van der Waals surface area contributed by atoms with Crippen molar-refractivity contribution in [1.29, 1.82) is 0 Å². The molecule has 1 aliphatic heterocycles. The predicted octanol–water partition coefficient (Wildman–Crippen LogP) is 3.24. The van der Waals surface area contributed by atoms with Crippen LogP contribution in [-0.4, -0.2) is 65.2 Å². The van der Waals surface area contributed by atoms with Gasteiger partial charge in [-0.15, -0.1) is 11.8 Å². The van der Waals surface area contributed by atoms with Crippen LogP contribution in [0.25, 0.3) is 0 Å². The van der Waals surface area contributed by atoms with Gasteiger partial charge in [-0.1, -0.05) is 18.2 Å². The number of ether oxygens (including phenoxy) is 1. The highest BCUT2D eigenvalue weighted by molar-refractivity contribution is 7.99. The van der Waals surface area contributed by atoms with Crippen molar-refractivity contribution in [3.8, 4) is 5.75 Å². The number of primary sulfonamides is 1. The first kappa shape index (κ1) is 24.6. The lowest BCUT2D eigenvalue weighted by molar-refractivity contribution is 0.0977. The summed E-state index contributed by atoms with van der Waals surface area (Å²) in [4.78, 5) is 17.9. The van der Waals surface area contributed by atoms with Crippen LogP contribution in [0.1, 0.15) is 29.6 Å². The highest BCUT2D eigenvalue weighted by atomic mass is 32.2. The van der Waals surface area contributed by atoms with Crippen molar-refractivity contribution in [2.24, 2.45) is 5.14 Å². The Bertz CT molecular complexity index is 1040. The summed E-state index contributed by atoms with van der Waals surface area (Å²) in [6, 6.07) is 12.8. The van der Waals surface area contributed by atoms with Gasteiger partial charge in [-0.25, -0.2) is 13.6 Å². The largest absolute Gasteiger partial charge is 0.495 e. The van der Waals surface area contributed by atoms with Gasteiger partial charge < -0.3 is 9.64 Å². The van der Waals surface area contributed by atoms with E-state index in [1.54, 1.807) is 25.5 Å². The first-order valence-corrected chi connectivity index (χ1v) is 13.4. The summed E-state index contributed by atoms with van der Waals surface area (Å²) >= 11 is 1.29. The quantitative estimate of drug-likeness (QED) is 0.319. The molecule has 2 N–H and O–H groups in total. The maximum absolute atomic E-state index is 12.6. The van der Waals surface area contributed by atoms with E-state index in [1.165, 1.54) is 17.8 Å². The fourth-order valence-corrected chi connectivity index (χ4v) is 5.64. The van der Waals surface area contributed by atoms with Crippen LogP contribution in [-0.2, 0) is 10.0 Å². The molecule has 0 spiro atoms. The molecule has 0 bridgehead atoms. The smallest absolute Gasteiger partial charge is 0.239 e. The van der Waals surface area contributed by atoms with Crippen molar-refractivity contribution in [1.82, 2.24) is 4.90 Å². The number of hydrogen-bond acceptors (Lipinski definition) is 7. The second-order valence-electron chi connectivity index (χ2n) is 7.79. The maximum atomic E-state index is 12.6. The number of carbonyl (C=O) groups is 1. The van der Waals surface area contributed by atoms with E-state index < -0.39 is 10.0 Å². The minimum absolute atomic E-state index is 0.0174. The van der Waals surface area contributed by atoms with Gasteiger partial charge in [0.25, 0.3) is 0 Å². The van der Waals surface area contributed by atoms with Gasteiger partial charge >= 0.3 is 0 Å². The van der Waals surface area contributed by atoms with Gasteiger partial charge in [-0.2, -0.15) is 0 Å². The van der Waals surface area contributed by atoms with E-state index in [1.807, 2.05) is 18.2 Å². The third-order valence-electron chi connectivity index (χ3n) is 5.72. The van der Waals surface area contributed by atoms with Gasteiger partial charge in [0.05, 0.1) is 17.7 Å². The van der Waals surface area contributed by atoms with Crippen LogP contribution in [0, 0.1) is 0 Å². The molecule has 174 valence electrons. The molecule has 0 radical (unpaired) electrons. The van der Waals surface area contributed by atoms with Gasteiger partial charge in [-0.3, -0.25) is 9.69 Å². The molecule has 1 heterocycles. The molecule has 2 aromatic carbocycles. The highest BCUT2D eigenvalue weighted by Crippen LogP contribution is 2.28. The summed E-state index contributed by atoms with van der Waals surface area (Å²) < 4.78 is 29.1. The molecular weight excluding hydrogens is 446 g/mol. The zero-order valence-electron chi connectivity index (χ0n) is 18.6. The predicted molar refractivity (Wildman–Crippen MR) is 129 cm³/mol. The average Bonchev–Trinajstić information content (AvgIpc) is 2.81. The van der Waals surface area contributed by atoms with E-state index >= 15 is 0 Å². The molecule has 1 fully saturated rings. The number of methoxy groups -OCH3 is 1. The Morgan fingerprint density at radius 2 is 1.81 bits per heavy atom. The lowest BCUT2D eigenvalue weighted by atomic mass is 10.1. The van der Waals surface area contributed by atoms with Crippen molar-refractivity contribution in [2.75, 3.05) is 51.0 Å². The van der Waals surface area contributed by atoms with Crippen LogP contribution in [0.4, 0.5) is 5.69 Å². The van der Waals surface area contributed by atoms with E-state index in [2.05, 4.69) is 15.9 Å². The van der Waals surface area contributed by atoms with Crippen molar-refractivity contribution in [3.05, 3.63) is 48.0 Å². The van der Waals surface area contributed by atoms with E-state index in [-0.39, 0.29) is 10.7 Å². The normalized spacial score (nSPS) is 15.0. The van der Waals surface area contributed by atoms with E-state index in [9.17, 15) is 13.2 Å². The SMILES string of the molecule is COc1ccccc1N1CCN(CCCCC(=O)c2ccc(SC)c(S(N)(=O)=O)c2)CC1. The van der Waals surface area contributed by atoms with Crippen LogP contribution >= 0.6 is 11.8 Å². The molecule has 9 heteroatoms. The number of hydrogen-bond donors (Lipinski definition) is 1. The zero-order chi connectivity index (χ0) is 23.1. The number of nitrogens with two attached hydrogens (primary N) is 1. The third kappa shape index (κ3) is 6.25. The molecule has 0 aromatic heterocycles. The number of carbonyl (C=O) groups excluding carboxylic acids is 1. The summed E-state index contributed by atoms with van der Waals surface area (Å²) in [6.45, 7) is 4.77. The number of benzene rings is 2. The lowest BCUT2D eigenvalue weighted by Gasteiger charge is -2.36. The summed E-state index contributed by atoms with van der Waals surface area (Å²) in [6.07, 6.45) is 3.86. The first-order valence-electron chi connectivity index (χ1n) is 10.7. The molecule has 0 unspecified atom stereocenters. The Morgan fingerprint density at radius 3 is 2.47 bits per heavy atom. The van der Waals surface area contributed by atoms with Crippen LogP contribution < -0.4 is 14.8 Å². The number of Topliss-reactive ketones (excluding diaryl/α,β-unsaturated/α-hetero) is 1. The number of nitrogens with zero attached hydrogens (tertiary/aromatic N) is 2. The molecule has 1 aliphatic rings. The van der Waals surface area contributed by atoms with Crippen LogP contribution in [0.3, 0.4) is 0 Å². The fourth-order valence-electron chi connectivity index (χ4n) is 3.94. The molecule has 0 saturated carbocycles. The number of para-hydroxylation sites is 2. The minimum Gasteiger partial charge on any atom is -0.495 e. The minimum atomic E-state index is -3.86. The third-order valence-corrected chi connectivity index (χ3v) is 7.59. The Balaban J connectivity index is 1.45. The number of rotatable bonds is 10. The first-order chi connectivity index (χ1) is 15.3. The molecule has 0 amide bonds. The van der Waals surface area contributed by atoms with Gasteiger partial charge in [0.1, 0.15) is 5.75 Å². The number of piperazine rings is 1. The van der Waals surface area contributed by atoms with Gasteiger partial charge in [-0.05, 0) is 49.9 Å². The fraction of sp³-hybridized carbons (Fsp3) is 0.435. The second kappa shape index (κ2) is 11.2.